The number of hydrogen-bond donors (Lipinski definition) is 3. The number of ether oxygens (including phenoxy) is 2. The monoisotopic (exact) mass is 550 g/mol. The third kappa shape index (κ3) is 6.29. The first-order chi connectivity index (χ1) is 16.4. The molecule has 0 aliphatic carbocycles. The molecule has 0 saturated carbocycles. The third-order valence-corrected chi connectivity index (χ3v) is 6.56. The van der Waals surface area contributed by atoms with Crippen LogP contribution < -0.4 is 20.5 Å². The molecule has 2 heterocycles. The van der Waals surface area contributed by atoms with Crippen molar-refractivity contribution in [1.82, 2.24) is 9.71 Å². The molecule has 2 aromatic rings. The van der Waals surface area contributed by atoms with Gasteiger partial charge in [0.25, 0.3) is 0 Å². The number of hydrogen-bond acceptors (Lipinski definition) is 7. The first kappa shape index (κ1) is 26.9. The zero-order valence-electron chi connectivity index (χ0n) is 19.3. The molecular weight excluding hydrogens is 526 g/mol. The molecule has 0 bridgehead atoms. The molecule has 1 aromatic carbocycles. The van der Waals surface area contributed by atoms with Gasteiger partial charge in [-0.3, -0.25) is 0 Å². The molecule has 1 atom stereocenters. The van der Waals surface area contributed by atoms with E-state index in [9.17, 15) is 17.4 Å². The Kier molecular flexibility index (Phi) is 8.05. The number of nitrogens with zero attached hydrogens (tertiary/aromatic N) is 2. The molecule has 0 fully saturated rings. The van der Waals surface area contributed by atoms with Crippen molar-refractivity contribution in [2.75, 3.05) is 19.0 Å². The number of methoxy groups -OCH3 is 1. The fourth-order valence-electron chi connectivity index (χ4n) is 3.31. The summed E-state index contributed by atoms with van der Waals surface area (Å²) in [6.07, 6.45) is -1.98. The Hall–Kier alpha value is -2.73. The van der Waals surface area contributed by atoms with E-state index in [-0.39, 0.29) is 26.7 Å². The van der Waals surface area contributed by atoms with Crippen LogP contribution in [0.3, 0.4) is 0 Å². The molecule has 1 unspecified atom stereocenters. The van der Waals surface area contributed by atoms with Crippen LogP contribution in [-0.2, 0) is 37.5 Å². The van der Waals surface area contributed by atoms with Gasteiger partial charge in [0.1, 0.15) is 0 Å². The van der Waals surface area contributed by atoms with Crippen LogP contribution in [0.4, 0.5) is 18.9 Å². The topological polar surface area (TPSA) is 111 Å². The van der Waals surface area contributed by atoms with Crippen molar-refractivity contribution in [3.63, 3.8) is 0 Å². The van der Waals surface area contributed by atoms with Crippen molar-refractivity contribution >= 4 is 27.2 Å². The first-order valence-electron chi connectivity index (χ1n) is 10.2. The summed E-state index contributed by atoms with van der Waals surface area (Å²) in [6, 6.07) is 5.59. The number of nitrogens with two attached hydrogens (primary N) is 1. The van der Waals surface area contributed by atoms with Gasteiger partial charge in [-0.1, -0.05) is 0 Å². The Morgan fingerprint density at radius 1 is 1.34 bits per heavy atom. The number of alkyl halides is 3. The molecule has 0 radical (unpaired) electrons. The summed E-state index contributed by atoms with van der Waals surface area (Å²) in [5.74, 6) is 0.426. The molecule has 3 rings (SSSR count). The number of anilines is 1. The maximum atomic E-state index is 13.6. The van der Waals surface area contributed by atoms with Crippen molar-refractivity contribution in [1.29, 1.82) is 0 Å². The molecule has 1 aliphatic rings. The summed E-state index contributed by atoms with van der Waals surface area (Å²) in [5.41, 5.74) is 5.35. The van der Waals surface area contributed by atoms with Gasteiger partial charge < -0.3 is 0 Å². The Bertz CT molecular complexity index is 1230. The molecule has 4 N–H and O–H groups in total. The molecule has 0 spiro atoms. The van der Waals surface area contributed by atoms with E-state index < -0.39 is 28.3 Å². The van der Waals surface area contributed by atoms with Crippen LogP contribution >= 0.6 is 0 Å². The third-order valence-electron chi connectivity index (χ3n) is 4.98. The van der Waals surface area contributed by atoms with E-state index in [4.69, 9.17) is 15.2 Å². The zero-order chi connectivity index (χ0) is 26.0. The van der Waals surface area contributed by atoms with Crippen molar-refractivity contribution in [2.24, 2.45) is 10.7 Å². The molecule has 1 aliphatic heterocycles. The minimum absolute atomic E-state index is 0.0396. The van der Waals surface area contributed by atoms with Gasteiger partial charge >= 0.3 is 211 Å². The summed E-state index contributed by atoms with van der Waals surface area (Å²) >= 11 is 3.22. The van der Waals surface area contributed by atoms with E-state index in [0.29, 0.717) is 23.6 Å². The van der Waals surface area contributed by atoms with Gasteiger partial charge in [-0.05, 0) is 0 Å². The standard InChI is InChI=1S/C22H24F3N5O3S.Mn/c1-13-16(22(23,24)25)6-5-15(14-7-8-27-18(9-14)32-4)19(13)29-12-30-34(31)17(10-26)20-28-11-21(2,3)33-20;/h5-10,29-30H,11,26H2,1-4H3;. The van der Waals surface area contributed by atoms with E-state index in [1.165, 1.54) is 26.3 Å². The van der Waals surface area contributed by atoms with Gasteiger partial charge in [-0.2, -0.15) is 0 Å². The van der Waals surface area contributed by atoms with Crippen LogP contribution in [0.25, 0.3) is 11.1 Å². The van der Waals surface area contributed by atoms with Crippen LogP contribution in [0, 0.1) is 6.92 Å². The number of pyridine rings is 1. The van der Waals surface area contributed by atoms with Gasteiger partial charge in [0, 0.05) is 0 Å². The number of aliphatic imine (C=N–C) groups is 1. The van der Waals surface area contributed by atoms with Gasteiger partial charge in [-0.25, -0.2) is 0 Å². The molecule has 8 nitrogen and oxygen atoms in total. The number of benzene rings is 1. The molecule has 35 heavy (non-hydrogen) atoms. The Labute approximate surface area is 211 Å². The van der Waals surface area contributed by atoms with Gasteiger partial charge in [-0.15, -0.1) is 0 Å². The molecule has 0 saturated heterocycles. The van der Waals surface area contributed by atoms with Crippen LogP contribution in [-0.4, -0.2) is 39.0 Å². The van der Waals surface area contributed by atoms with Crippen molar-refractivity contribution in [3.8, 4) is 17.0 Å². The average molecular weight is 550 g/mol. The normalized spacial score (nSPS) is 16.3. The second kappa shape index (κ2) is 10.5. The predicted molar refractivity (Wildman–Crippen MR) is 126 cm³/mol. The Morgan fingerprint density at radius 2 is 2.06 bits per heavy atom. The van der Waals surface area contributed by atoms with Crippen LogP contribution in [0.15, 0.2) is 46.6 Å². The summed E-state index contributed by atoms with van der Waals surface area (Å²) < 4.78 is 67.3. The van der Waals surface area contributed by atoms with E-state index in [0.717, 1.165) is 12.3 Å². The Balaban J connectivity index is 1.92. The van der Waals surface area contributed by atoms with E-state index in [1.54, 1.807) is 12.1 Å². The van der Waals surface area contributed by atoms with Crippen LogP contribution in [0.5, 0.6) is 5.88 Å². The van der Waals surface area contributed by atoms with E-state index >= 15 is 0 Å². The summed E-state index contributed by atoms with van der Waals surface area (Å²) in [5, 5.41) is 2.86. The minimum atomic E-state index is -4.57. The fourth-order valence-corrected chi connectivity index (χ4v) is 4.50. The van der Waals surface area contributed by atoms with Crippen molar-refractivity contribution in [2.45, 2.75) is 32.5 Å². The molecule has 1 aromatic heterocycles. The maximum absolute atomic E-state index is 13.6. The molecule has 13 heteroatoms. The second-order valence-electron chi connectivity index (χ2n) is 8.07. The second-order valence-corrected chi connectivity index (χ2v) is 9.84. The summed E-state index contributed by atoms with van der Waals surface area (Å²) in [4.78, 5) is 8.35. The first-order valence-corrected chi connectivity index (χ1v) is 11.9. The van der Waals surface area contributed by atoms with E-state index in [1.807, 2.05) is 13.8 Å². The zero-order valence-corrected chi connectivity index (χ0v) is 21.3. The average Bonchev–Trinajstić information content (AvgIpc) is 3.13. The molecule has 189 valence electrons. The number of rotatable bonds is 8. The van der Waals surface area contributed by atoms with Gasteiger partial charge in [0.15, 0.2) is 0 Å². The van der Waals surface area contributed by atoms with Gasteiger partial charge in [0.2, 0.25) is 0 Å². The molecular formula is C22H24F3MnN5O3S. The van der Waals surface area contributed by atoms with Gasteiger partial charge in [0.05, 0.1) is 0 Å². The fraction of sp³-hybridized carbons (Fsp3) is 0.318. The van der Waals surface area contributed by atoms with Crippen molar-refractivity contribution < 1.29 is 42.4 Å². The number of aromatic nitrogens is 1. The number of nitrogens with one attached hydrogen (secondary N) is 2. The summed E-state index contributed by atoms with van der Waals surface area (Å²) in [6.45, 7) is 5.36. The number of halogens is 3. The molecule has 0 amide bonds. The van der Waals surface area contributed by atoms with E-state index in [2.05, 4.69) is 35.6 Å². The predicted octanol–water partition coefficient (Wildman–Crippen LogP) is 3.39. The Morgan fingerprint density at radius 3 is 2.63 bits per heavy atom. The SMILES string of the molecule is COc1cc(-c2ccc(C(F)(F)F)c(C)c2N[C](=[Mn])NS(=O)C(=CN)C2=NCC(C)(C)O2)ccn1. The summed E-state index contributed by atoms with van der Waals surface area (Å²) in [7, 11) is -0.499. The van der Waals surface area contributed by atoms with Crippen LogP contribution in [0.1, 0.15) is 25.0 Å². The van der Waals surface area contributed by atoms with Crippen LogP contribution in [0.2, 0.25) is 0 Å². The quantitative estimate of drug-likeness (QED) is 0.435. The van der Waals surface area contributed by atoms with Crippen molar-refractivity contribution in [3.05, 3.63) is 52.7 Å².